The van der Waals surface area contributed by atoms with Gasteiger partial charge < -0.3 is 10.0 Å². The summed E-state index contributed by atoms with van der Waals surface area (Å²) in [6.07, 6.45) is 1.44. The molecule has 0 bridgehead atoms. The Bertz CT molecular complexity index is 328. The Hall–Kier alpha value is -1.16. The van der Waals surface area contributed by atoms with E-state index in [2.05, 4.69) is 6.58 Å². The van der Waals surface area contributed by atoms with Gasteiger partial charge in [-0.1, -0.05) is 12.7 Å². The summed E-state index contributed by atoms with van der Waals surface area (Å²) in [7, 11) is 1.73. The maximum atomic E-state index is 13.4. The first-order chi connectivity index (χ1) is 7.79. The van der Waals surface area contributed by atoms with Gasteiger partial charge in [-0.3, -0.25) is 0 Å². The molecule has 0 aliphatic carbocycles. The lowest BCUT2D eigenvalue weighted by Gasteiger charge is -2.23. The van der Waals surface area contributed by atoms with E-state index in [0.29, 0.717) is 12.1 Å². The van der Waals surface area contributed by atoms with Gasteiger partial charge in [0.05, 0.1) is 6.10 Å². The van der Waals surface area contributed by atoms with Crippen LogP contribution in [0.25, 0.3) is 0 Å². The van der Waals surface area contributed by atoms with Crippen LogP contribution in [0.15, 0.2) is 35.6 Å². The second-order valence-electron chi connectivity index (χ2n) is 4.14. The van der Waals surface area contributed by atoms with Crippen LogP contribution in [0.5, 0.6) is 0 Å². The number of aliphatic hydroxyl groups excluding tert-OH is 1. The van der Waals surface area contributed by atoms with Crippen LogP contribution in [0, 0.1) is 0 Å². The summed E-state index contributed by atoms with van der Waals surface area (Å²) in [5.74, 6) is -1.66. The molecule has 1 atom stereocenters. The fourth-order valence-corrected chi connectivity index (χ4v) is 1.37. The smallest absolute Gasteiger partial charge is 0.158 e. The van der Waals surface area contributed by atoms with Crippen LogP contribution in [0.3, 0.4) is 0 Å². The number of rotatable bonds is 6. The zero-order valence-electron chi connectivity index (χ0n) is 10.9. The van der Waals surface area contributed by atoms with Crippen LogP contribution >= 0.6 is 0 Å². The lowest BCUT2D eigenvalue weighted by molar-refractivity contribution is 0.185. The van der Waals surface area contributed by atoms with Crippen molar-refractivity contribution in [2.24, 2.45) is 0 Å². The van der Waals surface area contributed by atoms with E-state index in [-0.39, 0.29) is 12.1 Å². The Morgan fingerprint density at radius 3 is 2.35 bits per heavy atom. The third-order valence-electron chi connectivity index (χ3n) is 2.41. The lowest BCUT2D eigenvalue weighted by Crippen LogP contribution is -2.22. The van der Waals surface area contributed by atoms with Gasteiger partial charge in [-0.25, -0.2) is 8.78 Å². The summed E-state index contributed by atoms with van der Waals surface area (Å²) >= 11 is 0. The molecule has 0 aromatic heterocycles. The molecule has 0 fully saturated rings. The van der Waals surface area contributed by atoms with Gasteiger partial charge in [0.15, 0.2) is 5.83 Å². The topological polar surface area (TPSA) is 23.5 Å². The fourth-order valence-electron chi connectivity index (χ4n) is 1.37. The standard InChI is InChI=1S/C13H21F2NO/c1-6-12(13(15)11(4)14)8-16(5)9(2)7-10(3)17/h6,10,17H,2,7-8H2,1,3-5H3/b12-6-,13-11-. The molecule has 0 aliphatic rings. The highest BCUT2D eigenvalue weighted by Gasteiger charge is 2.12. The SMILES string of the molecule is C=C(CC(C)O)N(C)CC(=C/C)/C(F)=C(\C)F. The van der Waals surface area contributed by atoms with Crippen LogP contribution in [0.2, 0.25) is 0 Å². The van der Waals surface area contributed by atoms with Crippen LogP contribution in [-0.4, -0.2) is 29.7 Å². The highest BCUT2D eigenvalue weighted by Crippen LogP contribution is 2.20. The monoisotopic (exact) mass is 245 g/mol. The molecule has 17 heavy (non-hydrogen) atoms. The van der Waals surface area contributed by atoms with E-state index < -0.39 is 17.8 Å². The predicted octanol–water partition coefficient (Wildman–Crippen LogP) is 3.32. The number of hydrogen-bond donors (Lipinski definition) is 1. The summed E-state index contributed by atoms with van der Waals surface area (Å²) in [4.78, 5) is 1.70. The Balaban J connectivity index is 4.62. The maximum absolute atomic E-state index is 13.4. The van der Waals surface area contributed by atoms with Gasteiger partial charge in [0.1, 0.15) is 5.83 Å². The van der Waals surface area contributed by atoms with Crippen molar-refractivity contribution in [1.82, 2.24) is 4.90 Å². The molecular formula is C13H21F2NO. The normalized spacial score (nSPS) is 15.4. The zero-order valence-corrected chi connectivity index (χ0v) is 10.9. The van der Waals surface area contributed by atoms with Crippen molar-refractivity contribution in [1.29, 1.82) is 0 Å². The van der Waals surface area contributed by atoms with Crippen LogP contribution in [0.1, 0.15) is 27.2 Å². The van der Waals surface area contributed by atoms with Gasteiger partial charge in [-0.05, 0) is 20.8 Å². The van der Waals surface area contributed by atoms with Crippen LogP contribution in [0.4, 0.5) is 8.78 Å². The van der Waals surface area contributed by atoms with Crippen molar-refractivity contribution in [2.75, 3.05) is 13.6 Å². The molecule has 0 aliphatic heterocycles. The predicted molar refractivity (Wildman–Crippen MR) is 66.7 cm³/mol. The van der Waals surface area contributed by atoms with Gasteiger partial charge in [-0.2, -0.15) is 0 Å². The highest BCUT2D eigenvalue weighted by molar-refractivity contribution is 5.28. The van der Waals surface area contributed by atoms with E-state index in [1.165, 1.54) is 6.08 Å². The van der Waals surface area contributed by atoms with Crippen LogP contribution in [-0.2, 0) is 0 Å². The maximum Gasteiger partial charge on any atom is 0.158 e. The Labute approximate surface area is 102 Å². The minimum atomic E-state index is -0.829. The first-order valence-corrected chi connectivity index (χ1v) is 5.54. The van der Waals surface area contributed by atoms with Gasteiger partial charge in [0, 0.05) is 31.3 Å². The minimum Gasteiger partial charge on any atom is -0.393 e. The fraction of sp³-hybridized carbons (Fsp3) is 0.538. The van der Waals surface area contributed by atoms with Crippen molar-refractivity contribution in [3.8, 4) is 0 Å². The molecule has 0 spiro atoms. The number of allylic oxidation sites excluding steroid dienone is 2. The summed E-state index contributed by atoms with van der Waals surface area (Å²) in [6, 6.07) is 0. The Kier molecular flexibility index (Phi) is 6.73. The van der Waals surface area contributed by atoms with E-state index in [9.17, 15) is 13.9 Å². The van der Waals surface area contributed by atoms with Crippen LogP contribution < -0.4 is 0 Å². The summed E-state index contributed by atoms with van der Waals surface area (Å²) in [5.41, 5.74) is 0.961. The van der Waals surface area contributed by atoms with Crippen molar-refractivity contribution < 1.29 is 13.9 Å². The molecule has 2 nitrogen and oxygen atoms in total. The summed E-state index contributed by atoms with van der Waals surface area (Å²) < 4.78 is 26.2. The second kappa shape index (κ2) is 7.22. The molecule has 4 heteroatoms. The van der Waals surface area contributed by atoms with Crippen molar-refractivity contribution in [3.05, 3.63) is 35.6 Å². The number of halogens is 2. The highest BCUT2D eigenvalue weighted by atomic mass is 19.2. The summed E-state index contributed by atoms with van der Waals surface area (Å²) in [5, 5.41) is 9.21. The van der Waals surface area contributed by atoms with E-state index in [1.54, 1.807) is 25.8 Å². The Morgan fingerprint density at radius 2 is 2.00 bits per heavy atom. The third-order valence-corrected chi connectivity index (χ3v) is 2.41. The number of nitrogens with zero attached hydrogens (tertiary/aromatic N) is 1. The van der Waals surface area contributed by atoms with E-state index >= 15 is 0 Å². The number of hydrogen-bond acceptors (Lipinski definition) is 2. The molecule has 1 unspecified atom stereocenters. The largest absolute Gasteiger partial charge is 0.393 e. The van der Waals surface area contributed by atoms with Gasteiger partial charge >= 0.3 is 0 Å². The zero-order chi connectivity index (χ0) is 13.6. The average Bonchev–Trinajstić information content (AvgIpc) is 2.23. The average molecular weight is 245 g/mol. The summed E-state index contributed by atoms with van der Waals surface area (Å²) in [6.45, 7) is 8.42. The number of aliphatic hydroxyl groups is 1. The molecule has 0 aromatic carbocycles. The molecular weight excluding hydrogens is 224 g/mol. The van der Waals surface area contributed by atoms with E-state index in [1.807, 2.05) is 0 Å². The van der Waals surface area contributed by atoms with Crippen molar-refractivity contribution >= 4 is 0 Å². The molecule has 0 saturated carbocycles. The second-order valence-corrected chi connectivity index (χ2v) is 4.14. The molecule has 0 aromatic rings. The first-order valence-electron chi connectivity index (χ1n) is 5.54. The number of likely N-dealkylation sites (N-methyl/N-ethyl adjacent to an activating group) is 1. The van der Waals surface area contributed by atoms with E-state index in [0.717, 1.165) is 6.92 Å². The third kappa shape index (κ3) is 5.63. The minimum absolute atomic E-state index is 0.231. The van der Waals surface area contributed by atoms with Crippen molar-refractivity contribution in [2.45, 2.75) is 33.3 Å². The van der Waals surface area contributed by atoms with Gasteiger partial charge in [0.2, 0.25) is 0 Å². The van der Waals surface area contributed by atoms with Crippen molar-refractivity contribution in [3.63, 3.8) is 0 Å². The van der Waals surface area contributed by atoms with E-state index in [4.69, 9.17) is 0 Å². The molecule has 0 heterocycles. The quantitative estimate of drug-likeness (QED) is 0.726. The Morgan fingerprint density at radius 1 is 1.47 bits per heavy atom. The molecule has 98 valence electrons. The first kappa shape index (κ1) is 15.8. The van der Waals surface area contributed by atoms with Gasteiger partial charge in [-0.15, -0.1) is 0 Å². The molecule has 0 rings (SSSR count). The van der Waals surface area contributed by atoms with Gasteiger partial charge in [0.25, 0.3) is 0 Å². The molecule has 0 saturated heterocycles. The molecule has 1 N–H and O–H groups in total. The molecule has 0 radical (unpaired) electrons. The molecule has 0 amide bonds. The lowest BCUT2D eigenvalue weighted by atomic mass is 10.1.